The fraction of sp³-hybridized carbons (Fsp3) is 0.450. The van der Waals surface area contributed by atoms with Gasteiger partial charge >= 0.3 is 0 Å². The van der Waals surface area contributed by atoms with Gasteiger partial charge < -0.3 is 11.1 Å². The smallest absolute Gasteiger partial charge is 0.225 e. The number of nitrogens with two attached hydrogens (primary N) is 1. The van der Waals surface area contributed by atoms with Crippen LogP contribution in [-0.2, 0) is 4.79 Å². The van der Waals surface area contributed by atoms with Crippen molar-refractivity contribution in [3.8, 4) is 0 Å². The van der Waals surface area contributed by atoms with Crippen molar-refractivity contribution in [1.82, 2.24) is 5.32 Å². The molecular formula is C20H26N2O. The van der Waals surface area contributed by atoms with Gasteiger partial charge in [-0.15, -0.1) is 0 Å². The summed E-state index contributed by atoms with van der Waals surface area (Å²) in [5.41, 5.74) is 7.10. The summed E-state index contributed by atoms with van der Waals surface area (Å²) in [4.78, 5) is 12.7. The summed E-state index contributed by atoms with van der Waals surface area (Å²) in [6.07, 6.45) is 4.03. The summed E-state index contributed by atoms with van der Waals surface area (Å²) in [5.74, 6) is 0.00881. The number of carbonyl (C=O) groups excluding carboxylic acids is 1. The number of hydrogen-bond acceptors (Lipinski definition) is 2. The van der Waals surface area contributed by atoms with Gasteiger partial charge in [0.25, 0.3) is 0 Å². The molecule has 0 heterocycles. The minimum atomic E-state index is -0.383. The van der Waals surface area contributed by atoms with Crippen LogP contribution in [0.2, 0.25) is 0 Å². The Bertz CT molecular complexity index is 708. The minimum Gasteiger partial charge on any atom is -0.349 e. The average Bonchev–Trinajstić information content (AvgIpc) is 2.53. The summed E-state index contributed by atoms with van der Waals surface area (Å²) in [6.45, 7) is 4.05. The molecule has 3 heteroatoms. The molecule has 1 fully saturated rings. The predicted octanol–water partition coefficient (Wildman–Crippen LogP) is 3.92. The molecule has 0 radical (unpaired) electrons. The van der Waals surface area contributed by atoms with Crippen LogP contribution < -0.4 is 11.1 Å². The molecule has 2 aromatic carbocycles. The molecular weight excluding hydrogens is 284 g/mol. The van der Waals surface area contributed by atoms with E-state index in [1.807, 2.05) is 26.0 Å². The van der Waals surface area contributed by atoms with Crippen molar-refractivity contribution < 1.29 is 4.79 Å². The van der Waals surface area contributed by atoms with E-state index < -0.39 is 0 Å². The van der Waals surface area contributed by atoms with E-state index in [9.17, 15) is 4.79 Å². The van der Waals surface area contributed by atoms with E-state index >= 15 is 0 Å². The van der Waals surface area contributed by atoms with Gasteiger partial charge in [-0.3, -0.25) is 4.79 Å². The summed E-state index contributed by atoms with van der Waals surface area (Å²) in [7, 11) is 0. The third-order valence-corrected chi connectivity index (χ3v) is 5.20. The zero-order chi connectivity index (χ0) is 16.4. The van der Waals surface area contributed by atoms with E-state index in [4.69, 9.17) is 5.73 Å². The second-order valence-corrected chi connectivity index (χ2v) is 7.14. The van der Waals surface area contributed by atoms with Gasteiger partial charge in [-0.05, 0) is 49.1 Å². The lowest BCUT2D eigenvalue weighted by molar-refractivity contribution is -0.128. The Labute approximate surface area is 138 Å². The van der Waals surface area contributed by atoms with Gasteiger partial charge in [0.15, 0.2) is 0 Å². The molecule has 1 amide bonds. The van der Waals surface area contributed by atoms with Crippen molar-refractivity contribution in [2.75, 3.05) is 0 Å². The van der Waals surface area contributed by atoms with E-state index in [1.54, 1.807) is 0 Å². The van der Waals surface area contributed by atoms with E-state index in [1.165, 1.54) is 10.8 Å². The van der Waals surface area contributed by atoms with Crippen molar-refractivity contribution in [3.63, 3.8) is 0 Å². The van der Waals surface area contributed by atoms with E-state index in [0.29, 0.717) is 0 Å². The molecule has 3 rings (SSSR count). The number of benzene rings is 2. The lowest BCUT2D eigenvalue weighted by Crippen LogP contribution is -2.53. The lowest BCUT2D eigenvalue weighted by atomic mass is 9.74. The van der Waals surface area contributed by atoms with Crippen LogP contribution in [0, 0.1) is 5.92 Å². The molecule has 0 spiro atoms. The first-order valence-electron chi connectivity index (χ1n) is 8.55. The average molecular weight is 310 g/mol. The molecule has 0 aliphatic heterocycles. The molecule has 23 heavy (non-hydrogen) atoms. The van der Waals surface area contributed by atoms with Crippen LogP contribution in [0.5, 0.6) is 0 Å². The van der Waals surface area contributed by atoms with Crippen LogP contribution in [0.3, 0.4) is 0 Å². The van der Waals surface area contributed by atoms with Crippen LogP contribution in [-0.4, -0.2) is 11.4 Å². The number of nitrogens with one attached hydrogen (secondary N) is 1. The highest BCUT2D eigenvalue weighted by molar-refractivity contribution is 5.84. The Balaban J connectivity index is 1.74. The van der Waals surface area contributed by atoms with Gasteiger partial charge in [-0.2, -0.15) is 0 Å². The van der Waals surface area contributed by atoms with Gasteiger partial charge in [0.1, 0.15) is 0 Å². The molecule has 0 saturated heterocycles. The summed E-state index contributed by atoms with van der Waals surface area (Å²) in [6, 6.07) is 14.6. The van der Waals surface area contributed by atoms with Crippen LogP contribution in [0.15, 0.2) is 42.5 Å². The Morgan fingerprint density at radius 3 is 2.70 bits per heavy atom. The second-order valence-electron chi connectivity index (χ2n) is 7.14. The van der Waals surface area contributed by atoms with Crippen molar-refractivity contribution in [2.24, 2.45) is 11.7 Å². The van der Waals surface area contributed by atoms with Crippen molar-refractivity contribution in [3.05, 3.63) is 48.0 Å². The van der Waals surface area contributed by atoms with E-state index in [0.717, 1.165) is 31.2 Å². The quantitative estimate of drug-likeness (QED) is 0.902. The van der Waals surface area contributed by atoms with Crippen molar-refractivity contribution in [2.45, 2.75) is 51.1 Å². The first kappa shape index (κ1) is 16.0. The van der Waals surface area contributed by atoms with Gasteiger partial charge in [-0.1, -0.05) is 49.2 Å². The first-order valence-corrected chi connectivity index (χ1v) is 8.55. The molecule has 3 N–H and O–H groups in total. The van der Waals surface area contributed by atoms with Crippen molar-refractivity contribution in [1.29, 1.82) is 0 Å². The summed E-state index contributed by atoms with van der Waals surface area (Å²) < 4.78 is 0. The van der Waals surface area contributed by atoms with Gasteiger partial charge in [0.2, 0.25) is 5.91 Å². The molecule has 0 bridgehead atoms. The number of carbonyl (C=O) groups is 1. The van der Waals surface area contributed by atoms with E-state index in [2.05, 4.69) is 35.6 Å². The van der Waals surface area contributed by atoms with Crippen molar-refractivity contribution >= 4 is 16.7 Å². The standard InChI is InChI=1S/C20H26N2O/c1-14(16-11-10-15-7-3-4-8-17(15)13-16)22-19(23)18-9-5-6-12-20(18,2)21/h3-4,7-8,10-11,13-14,18H,5-6,9,12,21H2,1-2H3,(H,22,23). The molecule has 3 atom stereocenters. The Morgan fingerprint density at radius 2 is 1.96 bits per heavy atom. The fourth-order valence-electron chi connectivity index (χ4n) is 3.66. The van der Waals surface area contributed by atoms with E-state index in [-0.39, 0.29) is 23.4 Å². The molecule has 3 unspecified atom stereocenters. The zero-order valence-electron chi connectivity index (χ0n) is 14.0. The molecule has 3 nitrogen and oxygen atoms in total. The Kier molecular flexibility index (Phi) is 4.40. The van der Waals surface area contributed by atoms with Gasteiger partial charge in [-0.25, -0.2) is 0 Å². The molecule has 122 valence electrons. The Hall–Kier alpha value is -1.87. The molecule has 0 aromatic heterocycles. The largest absolute Gasteiger partial charge is 0.349 e. The molecule has 1 saturated carbocycles. The minimum absolute atomic E-state index is 0.00941. The van der Waals surface area contributed by atoms with Gasteiger partial charge in [0.05, 0.1) is 12.0 Å². The highest BCUT2D eigenvalue weighted by Crippen LogP contribution is 2.32. The van der Waals surface area contributed by atoms with Crippen LogP contribution >= 0.6 is 0 Å². The fourth-order valence-corrected chi connectivity index (χ4v) is 3.66. The maximum Gasteiger partial charge on any atom is 0.225 e. The lowest BCUT2D eigenvalue weighted by Gasteiger charge is -2.37. The van der Waals surface area contributed by atoms with Gasteiger partial charge in [0, 0.05) is 5.54 Å². The predicted molar refractivity (Wildman–Crippen MR) is 95.1 cm³/mol. The van der Waals surface area contributed by atoms with Crippen LogP contribution in [0.4, 0.5) is 0 Å². The molecule has 2 aromatic rings. The molecule has 1 aliphatic rings. The normalized spacial score (nSPS) is 26.0. The first-order chi connectivity index (χ1) is 11.0. The third kappa shape index (κ3) is 3.40. The van der Waals surface area contributed by atoms with Crippen LogP contribution in [0.25, 0.3) is 10.8 Å². The Morgan fingerprint density at radius 1 is 1.22 bits per heavy atom. The number of hydrogen-bond donors (Lipinski definition) is 2. The highest BCUT2D eigenvalue weighted by Gasteiger charge is 2.38. The highest BCUT2D eigenvalue weighted by atomic mass is 16.2. The zero-order valence-corrected chi connectivity index (χ0v) is 14.0. The maximum absolute atomic E-state index is 12.7. The maximum atomic E-state index is 12.7. The monoisotopic (exact) mass is 310 g/mol. The van der Waals surface area contributed by atoms with Crippen LogP contribution in [0.1, 0.15) is 51.1 Å². The number of amides is 1. The summed E-state index contributed by atoms with van der Waals surface area (Å²) >= 11 is 0. The number of fused-ring (bicyclic) bond motifs is 1. The third-order valence-electron chi connectivity index (χ3n) is 5.20. The second kappa shape index (κ2) is 6.32. The SMILES string of the molecule is CC(NC(=O)C1CCCCC1(C)N)c1ccc2ccccc2c1. The summed E-state index contributed by atoms with van der Waals surface area (Å²) in [5, 5.41) is 5.59. The number of rotatable bonds is 3. The molecule has 1 aliphatic carbocycles. The topological polar surface area (TPSA) is 55.1 Å².